The number of aromatic nitrogens is 3. The Kier molecular flexibility index (Phi) is 9.42. The highest BCUT2D eigenvalue weighted by Crippen LogP contribution is 2.22. The van der Waals surface area contributed by atoms with Crippen molar-refractivity contribution < 1.29 is 4.39 Å². The first-order valence-corrected chi connectivity index (χ1v) is 10.1. The molecule has 2 aromatic carbocycles. The monoisotopic (exact) mass is 536 g/mol. The molecule has 3 rings (SSSR count). The average molecular weight is 536 g/mol. The van der Waals surface area contributed by atoms with Crippen molar-refractivity contribution in [3.8, 4) is 0 Å². The van der Waals surface area contributed by atoms with Gasteiger partial charge in [0.1, 0.15) is 18.5 Å². The zero-order chi connectivity index (χ0) is 21.4. The molecule has 8 heteroatoms. The molecule has 6 nitrogen and oxygen atoms in total. The summed E-state index contributed by atoms with van der Waals surface area (Å²) in [4.78, 5) is 8.70. The summed E-state index contributed by atoms with van der Waals surface area (Å²) >= 11 is 0. The lowest BCUT2D eigenvalue weighted by molar-refractivity contribution is 0.503. The fourth-order valence-corrected chi connectivity index (χ4v) is 3.16. The summed E-state index contributed by atoms with van der Waals surface area (Å²) in [5.74, 6) is 0.524. The van der Waals surface area contributed by atoms with Gasteiger partial charge in [-0.25, -0.2) is 19.0 Å². The third-order valence-corrected chi connectivity index (χ3v) is 4.87. The van der Waals surface area contributed by atoms with E-state index in [0.29, 0.717) is 19.6 Å². The predicted molar refractivity (Wildman–Crippen MR) is 133 cm³/mol. The molecular weight excluding hydrogens is 506 g/mol. The van der Waals surface area contributed by atoms with E-state index >= 15 is 0 Å². The van der Waals surface area contributed by atoms with Gasteiger partial charge in [-0.2, -0.15) is 5.10 Å². The maximum Gasteiger partial charge on any atom is 0.191 e. The number of halogens is 2. The van der Waals surface area contributed by atoms with Crippen LogP contribution in [0.1, 0.15) is 37.5 Å². The predicted octanol–water partition coefficient (Wildman–Crippen LogP) is 4.12. The van der Waals surface area contributed by atoms with Gasteiger partial charge in [-0.3, -0.25) is 0 Å². The molecule has 0 spiro atoms. The first-order valence-electron chi connectivity index (χ1n) is 10.1. The first kappa shape index (κ1) is 24.8. The molecule has 31 heavy (non-hydrogen) atoms. The molecule has 0 aliphatic carbocycles. The third kappa shape index (κ3) is 7.61. The molecule has 0 saturated carbocycles. The summed E-state index contributed by atoms with van der Waals surface area (Å²) < 4.78 is 15.4. The number of rotatable bonds is 8. The van der Waals surface area contributed by atoms with Gasteiger partial charge >= 0.3 is 0 Å². The standard InChI is InChI=1S/C23H29FN6.HI/c1-4-26-22(28-15-23(2,3)20-9-6-10-21(24)12-20)27-13-18-7-5-8-19(11-18)14-30-17-25-16-29-30;/h5-12,16-17H,4,13-15H2,1-3H3,(H2,26,27,28);1H. The van der Waals surface area contributed by atoms with Crippen molar-refractivity contribution in [2.45, 2.75) is 39.3 Å². The van der Waals surface area contributed by atoms with E-state index in [4.69, 9.17) is 4.99 Å². The molecule has 0 aliphatic rings. The van der Waals surface area contributed by atoms with E-state index in [0.717, 1.165) is 29.2 Å². The van der Waals surface area contributed by atoms with Crippen molar-refractivity contribution in [3.05, 3.63) is 83.7 Å². The summed E-state index contributed by atoms with van der Waals surface area (Å²) in [7, 11) is 0. The Bertz CT molecular complexity index is 972. The second kappa shape index (κ2) is 11.8. The molecule has 166 valence electrons. The second-order valence-electron chi connectivity index (χ2n) is 7.86. The van der Waals surface area contributed by atoms with E-state index in [1.165, 1.54) is 12.4 Å². The van der Waals surface area contributed by atoms with E-state index in [-0.39, 0.29) is 35.2 Å². The van der Waals surface area contributed by atoms with Crippen LogP contribution in [0.15, 0.2) is 66.2 Å². The fraction of sp³-hybridized carbons (Fsp3) is 0.348. The van der Waals surface area contributed by atoms with Gasteiger partial charge in [-0.1, -0.05) is 50.2 Å². The van der Waals surface area contributed by atoms with Gasteiger partial charge in [0.15, 0.2) is 5.96 Å². The first-order chi connectivity index (χ1) is 14.5. The van der Waals surface area contributed by atoms with Crippen LogP contribution in [-0.2, 0) is 18.5 Å². The van der Waals surface area contributed by atoms with Gasteiger partial charge in [0.05, 0.1) is 13.1 Å². The molecule has 1 heterocycles. The minimum atomic E-state index is -0.240. The molecular formula is C23H30FIN6. The maximum absolute atomic E-state index is 13.6. The van der Waals surface area contributed by atoms with Crippen LogP contribution in [0, 0.1) is 5.82 Å². The summed E-state index contributed by atoms with van der Waals surface area (Å²) in [6.07, 6.45) is 3.24. The van der Waals surface area contributed by atoms with Crippen LogP contribution >= 0.6 is 24.0 Å². The minimum Gasteiger partial charge on any atom is -0.357 e. The van der Waals surface area contributed by atoms with E-state index < -0.39 is 0 Å². The van der Waals surface area contributed by atoms with Crippen molar-refractivity contribution in [2.24, 2.45) is 4.99 Å². The Balaban J connectivity index is 0.00000341. The largest absolute Gasteiger partial charge is 0.357 e. The van der Waals surface area contributed by atoms with Crippen molar-refractivity contribution in [3.63, 3.8) is 0 Å². The number of nitrogens with one attached hydrogen (secondary N) is 2. The highest BCUT2D eigenvalue weighted by atomic mass is 127. The van der Waals surface area contributed by atoms with Gasteiger partial charge in [0.2, 0.25) is 0 Å². The fourth-order valence-electron chi connectivity index (χ4n) is 3.16. The minimum absolute atomic E-state index is 0. The van der Waals surface area contributed by atoms with Gasteiger partial charge in [0.25, 0.3) is 0 Å². The molecule has 0 bridgehead atoms. The zero-order valence-corrected chi connectivity index (χ0v) is 20.5. The number of guanidine groups is 1. The molecule has 0 aliphatic heterocycles. The Morgan fingerprint density at radius 1 is 1.10 bits per heavy atom. The van der Waals surface area contributed by atoms with E-state index in [1.54, 1.807) is 23.1 Å². The van der Waals surface area contributed by atoms with Crippen molar-refractivity contribution in [1.82, 2.24) is 25.4 Å². The number of aliphatic imine (C=N–C) groups is 1. The van der Waals surface area contributed by atoms with Crippen LogP contribution in [0.2, 0.25) is 0 Å². The van der Waals surface area contributed by atoms with Crippen LogP contribution in [0.3, 0.4) is 0 Å². The SMILES string of the molecule is CCNC(=NCc1cccc(Cn2cncn2)c1)NCC(C)(C)c1cccc(F)c1.I. The Morgan fingerprint density at radius 3 is 2.58 bits per heavy atom. The molecule has 0 atom stereocenters. The molecule has 0 amide bonds. The smallest absolute Gasteiger partial charge is 0.191 e. The summed E-state index contributed by atoms with van der Waals surface area (Å²) in [6, 6.07) is 15.1. The average Bonchev–Trinajstić information content (AvgIpc) is 3.23. The van der Waals surface area contributed by atoms with Gasteiger partial charge in [0, 0.05) is 18.5 Å². The topological polar surface area (TPSA) is 67.1 Å². The lowest BCUT2D eigenvalue weighted by atomic mass is 9.84. The van der Waals surface area contributed by atoms with Crippen LogP contribution in [0.25, 0.3) is 0 Å². The zero-order valence-electron chi connectivity index (χ0n) is 18.2. The highest BCUT2D eigenvalue weighted by molar-refractivity contribution is 14.0. The molecule has 0 unspecified atom stereocenters. The third-order valence-electron chi connectivity index (χ3n) is 4.87. The highest BCUT2D eigenvalue weighted by Gasteiger charge is 2.21. The van der Waals surface area contributed by atoms with Crippen molar-refractivity contribution in [1.29, 1.82) is 0 Å². The number of benzene rings is 2. The molecule has 0 radical (unpaired) electrons. The number of nitrogens with zero attached hydrogens (tertiary/aromatic N) is 4. The summed E-state index contributed by atoms with van der Waals surface area (Å²) in [5.41, 5.74) is 2.98. The summed E-state index contributed by atoms with van der Waals surface area (Å²) in [6.45, 7) is 8.84. The number of hydrogen-bond donors (Lipinski definition) is 2. The Hall–Kier alpha value is -2.49. The molecule has 0 fully saturated rings. The molecule has 2 N–H and O–H groups in total. The normalized spacial score (nSPS) is 11.7. The van der Waals surface area contributed by atoms with Crippen LogP contribution in [0.4, 0.5) is 4.39 Å². The maximum atomic E-state index is 13.6. The lowest BCUT2D eigenvalue weighted by Crippen LogP contribution is -2.43. The molecule has 1 aromatic heterocycles. The van der Waals surface area contributed by atoms with E-state index in [2.05, 4.69) is 52.8 Å². The molecule has 0 saturated heterocycles. The van der Waals surface area contributed by atoms with Crippen molar-refractivity contribution >= 4 is 29.9 Å². The Morgan fingerprint density at radius 2 is 1.87 bits per heavy atom. The van der Waals surface area contributed by atoms with E-state index in [9.17, 15) is 4.39 Å². The van der Waals surface area contributed by atoms with Gasteiger partial charge < -0.3 is 10.6 Å². The van der Waals surface area contributed by atoms with Gasteiger partial charge in [-0.05, 0) is 35.7 Å². The Labute approximate surface area is 200 Å². The number of hydrogen-bond acceptors (Lipinski definition) is 3. The summed E-state index contributed by atoms with van der Waals surface area (Å²) in [5, 5.41) is 10.8. The lowest BCUT2D eigenvalue weighted by Gasteiger charge is -2.27. The van der Waals surface area contributed by atoms with Crippen molar-refractivity contribution in [2.75, 3.05) is 13.1 Å². The molecule has 3 aromatic rings. The van der Waals surface area contributed by atoms with Gasteiger partial charge in [-0.15, -0.1) is 24.0 Å². The second-order valence-corrected chi connectivity index (χ2v) is 7.86. The van der Waals surface area contributed by atoms with Crippen LogP contribution < -0.4 is 10.6 Å². The van der Waals surface area contributed by atoms with E-state index in [1.807, 2.05) is 19.1 Å². The van der Waals surface area contributed by atoms with Crippen LogP contribution in [-0.4, -0.2) is 33.8 Å². The van der Waals surface area contributed by atoms with Crippen LogP contribution in [0.5, 0.6) is 0 Å². The quantitative estimate of drug-likeness (QED) is 0.258.